The van der Waals surface area contributed by atoms with Crippen LogP contribution in [0.25, 0.3) is 6.08 Å². The van der Waals surface area contributed by atoms with Crippen LogP contribution < -0.4 is 10.5 Å². The molecule has 1 aromatic rings. The third-order valence-corrected chi connectivity index (χ3v) is 7.16. The third kappa shape index (κ3) is 4.56. The Morgan fingerprint density at radius 3 is 2.42 bits per heavy atom. The molecule has 31 heavy (non-hydrogen) atoms. The van der Waals surface area contributed by atoms with Gasteiger partial charge in [-0.3, -0.25) is 19.1 Å². The van der Waals surface area contributed by atoms with Crippen molar-refractivity contribution >= 4 is 46.1 Å². The molecule has 0 aromatic carbocycles. The lowest BCUT2D eigenvalue weighted by Gasteiger charge is -2.37. The van der Waals surface area contributed by atoms with Crippen molar-refractivity contribution in [3.8, 4) is 6.07 Å². The number of likely N-dealkylation sites (N-methyl/N-ethyl adjacent to an activating group) is 1. The molecule has 0 unspecified atom stereocenters. The van der Waals surface area contributed by atoms with Crippen molar-refractivity contribution in [1.29, 1.82) is 5.26 Å². The van der Waals surface area contributed by atoms with Crippen molar-refractivity contribution in [2.45, 2.75) is 27.7 Å². The molecule has 166 valence electrons. The van der Waals surface area contributed by atoms with Crippen LogP contribution in [0, 0.1) is 24.2 Å². The van der Waals surface area contributed by atoms with E-state index < -0.39 is 0 Å². The minimum atomic E-state index is -0.308. The number of thiocarbonyl (C=S) groups is 1. The predicted molar refractivity (Wildman–Crippen MR) is 130 cm³/mol. The van der Waals surface area contributed by atoms with E-state index in [0.29, 0.717) is 27.3 Å². The molecule has 0 spiro atoms. The van der Waals surface area contributed by atoms with Gasteiger partial charge in [0.1, 0.15) is 21.8 Å². The van der Waals surface area contributed by atoms with Crippen molar-refractivity contribution in [2.24, 2.45) is 13.0 Å². The van der Waals surface area contributed by atoms with Gasteiger partial charge in [-0.15, -0.1) is 0 Å². The number of aromatic nitrogens is 1. The lowest BCUT2D eigenvalue weighted by atomic mass is 10.0. The molecule has 1 amide bonds. The van der Waals surface area contributed by atoms with E-state index in [0.717, 1.165) is 44.1 Å². The molecule has 3 rings (SSSR count). The molecule has 0 radical (unpaired) electrons. The molecule has 2 fully saturated rings. The van der Waals surface area contributed by atoms with E-state index in [9.17, 15) is 14.9 Å². The zero-order valence-corrected chi connectivity index (χ0v) is 20.4. The predicted octanol–water partition coefficient (Wildman–Crippen LogP) is 2.56. The molecule has 0 N–H and O–H groups in total. The SMILES string of the molecule is CCN1CCN(c2c(C=C3SC(=S)N(CC(C)C)C3=O)c(C)c(C#N)c(=O)n2C)CC1. The maximum absolute atomic E-state index is 13.0. The first kappa shape index (κ1) is 23.5. The summed E-state index contributed by atoms with van der Waals surface area (Å²) in [6.45, 7) is 12.9. The Hall–Kier alpha value is -2.15. The summed E-state index contributed by atoms with van der Waals surface area (Å²) in [6, 6.07) is 2.05. The van der Waals surface area contributed by atoms with Gasteiger partial charge in [0.25, 0.3) is 11.5 Å². The van der Waals surface area contributed by atoms with Crippen molar-refractivity contribution < 1.29 is 4.79 Å². The van der Waals surface area contributed by atoms with Crippen LogP contribution in [0.15, 0.2) is 9.70 Å². The molecule has 0 bridgehead atoms. The molecule has 0 saturated carbocycles. The minimum absolute atomic E-state index is 0.113. The zero-order chi connectivity index (χ0) is 22.9. The van der Waals surface area contributed by atoms with Gasteiger partial charge in [-0.25, -0.2) is 0 Å². The Morgan fingerprint density at radius 1 is 1.23 bits per heavy atom. The van der Waals surface area contributed by atoms with Gasteiger partial charge in [0.2, 0.25) is 0 Å². The summed E-state index contributed by atoms with van der Waals surface area (Å²) in [5, 5.41) is 9.61. The van der Waals surface area contributed by atoms with Crippen LogP contribution in [-0.2, 0) is 11.8 Å². The molecule has 3 heterocycles. The summed E-state index contributed by atoms with van der Waals surface area (Å²) >= 11 is 6.73. The van der Waals surface area contributed by atoms with Gasteiger partial charge in [-0.05, 0) is 31.0 Å². The van der Waals surface area contributed by atoms with Gasteiger partial charge in [0.05, 0.1) is 4.91 Å². The fraction of sp³-hybridized carbons (Fsp3) is 0.545. The Labute approximate surface area is 193 Å². The van der Waals surface area contributed by atoms with Gasteiger partial charge < -0.3 is 9.80 Å². The number of nitriles is 1. The molecule has 2 saturated heterocycles. The van der Waals surface area contributed by atoms with E-state index in [1.54, 1.807) is 23.4 Å². The number of amides is 1. The van der Waals surface area contributed by atoms with E-state index in [1.165, 1.54) is 11.8 Å². The maximum Gasteiger partial charge on any atom is 0.270 e. The van der Waals surface area contributed by atoms with Crippen molar-refractivity contribution in [3.05, 3.63) is 31.9 Å². The summed E-state index contributed by atoms with van der Waals surface area (Å²) in [5.74, 6) is 0.945. The molecule has 7 nitrogen and oxygen atoms in total. The van der Waals surface area contributed by atoms with Gasteiger partial charge in [-0.2, -0.15) is 5.26 Å². The highest BCUT2D eigenvalue weighted by atomic mass is 32.2. The average Bonchev–Trinajstić information content (AvgIpc) is 3.00. The van der Waals surface area contributed by atoms with E-state index in [1.807, 2.05) is 19.9 Å². The highest BCUT2D eigenvalue weighted by Gasteiger charge is 2.33. The first-order valence-corrected chi connectivity index (χ1v) is 11.8. The van der Waals surface area contributed by atoms with Crippen molar-refractivity contribution in [3.63, 3.8) is 0 Å². The highest BCUT2D eigenvalue weighted by Crippen LogP contribution is 2.36. The van der Waals surface area contributed by atoms with E-state index in [2.05, 4.69) is 22.8 Å². The second kappa shape index (κ2) is 9.55. The van der Waals surface area contributed by atoms with Gasteiger partial charge in [0.15, 0.2) is 0 Å². The summed E-state index contributed by atoms with van der Waals surface area (Å²) < 4.78 is 2.10. The zero-order valence-electron chi connectivity index (χ0n) is 18.8. The Bertz CT molecular complexity index is 1030. The Morgan fingerprint density at radius 2 is 1.87 bits per heavy atom. The number of nitrogens with zero attached hydrogens (tertiary/aromatic N) is 5. The number of hydrogen-bond donors (Lipinski definition) is 0. The van der Waals surface area contributed by atoms with Crippen LogP contribution in [0.1, 0.15) is 37.5 Å². The number of carbonyl (C=O) groups is 1. The molecule has 0 aliphatic carbocycles. The smallest absolute Gasteiger partial charge is 0.270 e. The fourth-order valence-corrected chi connectivity index (χ4v) is 5.28. The highest BCUT2D eigenvalue weighted by molar-refractivity contribution is 8.26. The summed E-state index contributed by atoms with van der Waals surface area (Å²) in [7, 11) is 1.70. The van der Waals surface area contributed by atoms with E-state index >= 15 is 0 Å². The number of carbonyl (C=O) groups excluding carboxylic acids is 1. The number of piperazine rings is 1. The third-order valence-electron chi connectivity index (χ3n) is 5.78. The van der Waals surface area contributed by atoms with Crippen molar-refractivity contribution in [1.82, 2.24) is 14.4 Å². The lowest BCUT2D eigenvalue weighted by Crippen LogP contribution is -2.48. The molecular formula is C22H29N5O2S2. The summed E-state index contributed by atoms with van der Waals surface area (Å²) in [5.41, 5.74) is 1.15. The van der Waals surface area contributed by atoms with Crippen LogP contribution >= 0.6 is 24.0 Å². The maximum atomic E-state index is 13.0. The molecule has 2 aliphatic heterocycles. The summed E-state index contributed by atoms with van der Waals surface area (Å²) in [4.78, 5) is 32.6. The average molecular weight is 460 g/mol. The van der Waals surface area contributed by atoms with Crippen LogP contribution in [0.5, 0.6) is 0 Å². The topological polar surface area (TPSA) is 72.6 Å². The number of hydrogen-bond acceptors (Lipinski definition) is 7. The number of thioether (sulfide) groups is 1. The van der Waals surface area contributed by atoms with Crippen molar-refractivity contribution in [2.75, 3.05) is 44.2 Å². The second-order valence-corrected chi connectivity index (χ2v) is 10.00. The minimum Gasteiger partial charge on any atom is -0.355 e. The van der Waals surface area contributed by atoms with Crippen LogP contribution in [0.4, 0.5) is 5.82 Å². The molecule has 2 aliphatic rings. The monoisotopic (exact) mass is 459 g/mol. The number of pyridine rings is 1. The fourth-order valence-electron chi connectivity index (χ4n) is 4.02. The van der Waals surface area contributed by atoms with Crippen LogP contribution in [-0.4, -0.2) is 63.9 Å². The quantitative estimate of drug-likeness (QED) is 0.495. The molecular weight excluding hydrogens is 430 g/mol. The van der Waals surface area contributed by atoms with Crippen LogP contribution in [0.3, 0.4) is 0 Å². The summed E-state index contributed by atoms with van der Waals surface area (Å²) in [6.07, 6.45) is 1.82. The molecule has 9 heteroatoms. The largest absolute Gasteiger partial charge is 0.355 e. The van der Waals surface area contributed by atoms with Gasteiger partial charge in [0, 0.05) is 45.3 Å². The standard InChI is InChI=1S/C22H29N5O2S2/c1-6-25-7-9-26(10-8-25)19-16(15(4)17(12-23)20(28)24(19)5)11-18-21(29)27(13-14(2)3)22(30)31-18/h11,14H,6-10,13H2,1-5H3. The number of rotatable bonds is 5. The normalized spacial score (nSPS) is 19.1. The van der Waals surface area contributed by atoms with Crippen LogP contribution in [0.2, 0.25) is 0 Å². The Balaban J connectivity index is 2.11. The van der Waals surface area contributed by atoms with Gasteiger partial charge >= 0.3 is 0 Å². The second-order valence-electron chi connectivity index (χ2n) is 8.32. The Kier molecular flexibility index (Phi) is 7.24. The molecule has 0 atom stereocenters. The first-order valence-electron chi connectivity index (χ1n) is 10.6. The van der Waals surface area contributed by atoms with Gasteiger partial charge in [-0.1, -0.05) is 44.8 Å². The van der Waals surface area contributed by atoms with E-state index in [4.69, 9.17) is 12.2 Å². The van der Waals surface area contributed by atoms with E-state index in [-0.39, 0.29) is 17.0 Å². The number of anilines is 1. The molecule has 1 aromatic heterocycles. The first-order chi connectivity index (χ1) is 14.7. The lowest BCUT2D eigenvalue weighted by molar-refractivity contribution is -0.122.